The SMILES string of the molecule is NCCCCc1c(-c2ccc3sc4ccccc4c3c2)[nH]c2c1ccc1ccccc12. The number of aromatic amines is 1. The Balaban J connectivity index is 1.60. The minimum atomic E-state index is 0.744. The molecule has 0 spiro atoms. The first-order chi connectivity index (χ1) is 15.3. The zero-order valence-corrected chi connectivity index (χ0v) is 18.1. The molecule has 6 rings (SSSR count). The summed E-state index contributed by atoms with van der Waals surface area (Å²) in [4.78, 5) is 3.83. The van der Waals surface area contributed by atoms with Gasteiger partial charge in [0.25, 0.3) is 0 Å². The van der Waals surface area contributed by atoms with E-state index in [0.29, 0.717) is 0 Å². The van der Waals surface area contributed by atoms with Crippen LogP contribution in [0.3, 0.4) is 0 Å². The fourth-order valence-electron chi connectivity index (χ4n) is 4.83. The highest BCUT2D eigenvalue weighted by Gasteiger charge is 2.16. The number of nitrogens with two attached hydrogens (primary N) is 1. The van der Waals surface area contributed by atoms with E-state index in [0.717, 1.165) is 25.8 Å². The highest BCUT2D eigenvalue weighted by atomic mass is 32.1. The molecule has 3 N–H and O–H groups in total. The van der Waals surface area contributed by atoms with Crippen LogP contribution in [-0.4, -0.2) is 11.5 Å². The normalized spacial score (nSPS) is 11.9. The van der Waals surface area contributed by atoms with E-state index < -0.39 is 0 Å². The zero-order valence-electron chi connectivity index (χ0n) is 17.3. The molecule has 0 aliphatic rings. The average Bonchev–Trinajstić information content (AvgIpc) is 3.37. The van der Waals surface area contributed by atoms with Gasteiger partial charge >= 0.3 is 0 Å². The fourth-order valence-corrected chi connectivity index (χ4v) is 5.91. The predicted octanol–water partition coefficient (Wildman–Crippen LogP) is 7.64. The van der Waals surface area contributed by atoms with Gasteiger partial charge in [-0.2, -0.15) is 0 Å². The van der Waals surface area contributed by atoms with E-state index in [2.05, 4.69) is 83.8 Å². The summed E-state index contributed by atoms with van der Waals surface area (Å²) in [5.74, 6) is 0. The van der Waals surface area contributed by atoms with Gasteiger partial charge in [0.1, 0.15) is 0 Å². The van der Waals surface area contributed by atoms with E-state index in [-0.39, 0.29) is 0 Å². The first-order valence-corrected chi connectivity index (χ1v) is 11.8. The van der Waals surface area contributed by atoms with Crippen molar-refractivity contribution in [1.29, 1.82) is 0 Å². The Kier molecular flexibility index (Phi) is 4.52. The summed E-state index contributed by atoms with van der Waals surface area (Å²) in [7, 11) is 0. The van der Waals surface area contributed by atoms with Crippen molar-refractivity contribution in [3.63, 3.8) is 0 Å². The molecule has 0 unspecified atom stereocenters. The lowest BCUT2D eigenvalue weighted by molar-refractivity contribution is 0.748. The first-order valence-electron chi connectivity index (χ1n) is 11.0. The van der Waals surface area contributed by atoms with Crippen LogP contribution in [0.5, 0.6) is 0 Å². The second kappa shape index (κ2) is 7.52. The molecule has 3 heteroatoms. The maximum atomic E-state index is 5.80. The molecule has 6 aromatic rings. The van der Waals surface area contributed by atoms with Crippen LogP contribution in [0.25, 0.3) is 53.1 Å². The van der Waals surface area contributed by atoms with Gasteiger partial charge in [-0.3, -0.25) is 0 Å². The molecule has 2 aromatic heterocycles. The molecule has 2 nitrogen and oxygen atoms in total. The summed E-state index contributed by atoms with van der Waals surface area (Å²) in [6.45, 7) is 0.744. The zero-order chi connectivity index (χ0) is 20.8. The van der Waals surface area contributed by atoms with Crippen molar-refractivity contribution >= 4 is 53.2 Å². The molecule has 0 aliphatic carbocycles. The number of nitrogens with one attached hydrogen (secondary N) is 1. The Hall–Kier alpha value is -3.14. The third kappa shape index (κ3) is 3.04. The third-order valence-electron chi connectivity index (χ3n) is 6.35. The molecule has 0 aliphatic heterocycles. The molecule has 0 atom stereocenters. The number of H-pyrrole nitrogens is 1. The molecule has 0 radical (unpaired) electrons. The van der Waals surface area contributed by atoms with Gasteiger partial charge in [0, 0.05) is 36.6 Å². The number of hydrogen-bond acceptors (Lipinski definition) is 2. The van der Waals surface area contributed by atoms with Gasteiger partial charge in [-0.15, -0.1) is 11.3 Å². The predicted molar refractivity (Wildman–Crippen MR) is 136 cm³/mol. The molecule has 0 fully saturated rings. The highest BCUT2D eigenvalue weighted by molar-refractivity contribution is 7.25. The molecular weight excluding hydrogens is 396 g/mol. The number of rotatable bonds is 5. The number of aromatic nitrogens is 1. The molecule has 0 amide bonds. The van der Waals surface area contributed by atoms with Gasteiger partial charge in [0.05, 0.1) is 5.52 Å². The summed E-state index contributed by atoms with van der Waals surface area (Å²) in [5.41, 5.74) is 11.0. The van der Waals surface area contributed by atoms with E-state index in [4.69, 9.17) is 5.73 Å². The van der Waals surface area contributed by atoms with Crippen LogP contribution in [0.1, 0.15) is 18.4 Å². The number of fused-ring (bicyclic) bond motifs is 6. The van der Waals surface area contributed by atoms with Crippen LogP contribution >= 0.6 is 11.3 Å². The minimum Gasteiger partial charge on any atom is -0.354 e. The summed E-state index contributed by atoms with van der Waals surface area (Å²) < 4.78 is 2.69. The maximum Gasteiger partial charge on any atom is 0.0541 e. The van der Waals surface area contributed by atoms with Crippen LogP contribution in [0.15, 0.2) is 78.9 Å². The number of aryl methyl sites for hydroxylation is 1. The van der Waals surface area contributed by atoms with E-state index >= 15 is 0 Å². The molecule has 0 saturated carbocycles. The second-order valence-electron chi connectivity index (χ2n) is 8.24. The third-order valence-corrected chi connectivity index (χ3v) is 7.50. The van der Waals surface area contributed by atoms with Gasteiger partial charge in [-0.1, -0.05) is 60.7 Å². The Bertz CT molecular complexity index is 1550. The van der Waals surface area contributed by atoms with Crippen LogP contribution in [0.4, 0.5) is 0 Å². The number of benzene rings is 4. The van der Waals surface area contributed by atoms with E-state index in [9.17, 15) is 0 Å². The Morgan fingerprint density at radius 3 is 2.42 bits per heavy atom. The lowest BCUT2D eigenvalue weighted by Crippen LogP contribution is -1.99. The average molecular weight is 421 g/mol. The van der Waals surface area contributed by atoms with Crippen molar-refractivity contribution in [3.05, 3.63) is 84.4 Å². The largest absolute Gasteiger partial charge is 0.354 e. The number of unbranched alkanes of at least 4 members (excludes halogenated alkanes) is 1. The van der Waals surface area contributed by atoms with Crippen LogP contribution in [-0.2, 0) is 6.42 Å². The highest BCUT2D eigenvalue weighted by Crippen LogP contribution is 2.39. The van der Waals surface area contributed by atoms with Crippen LogP contribution in [0.2, 0.25) is 0 Å². The van der Waals surface area contributed by atoms with Gasteiger partial charge in [0.2, 0.25) is 0 Å². The minimum absolute atomic E-state index is 0.744. The molecule has 4 aromatic carbocycles. The maximum absolute atomic E-state index is 5.80. The Morgan fingerprint density at radius 2 is 1.52 bits per heavy atom. The van der Waals surface area contributed by atoms with Crippen molar-refractivity contribution < 1.29 is 0 Å². The van der Waals surface area contributed by atoms with Gasteiger partial charge < -0.3 is 10.7 Å². The van der Waals surface area contributed by atoms with Gasteiger partial charge in [-0.25, -0.2) is 0 Å². The number of hydrogen-bond donors (Lipinski definition) is 2. The van der Waals surface area contributed by atoms with Gasteiger partial charge in [0.15, 0.2) is 0 Å². The Morgan fingerprint density at radius 1 is 0.710 bits per heavy atom. The van der Waals surface area contributed by atoms with Crippen LogP contribution in [0, 0.1) is 0 Å². The van der Waals surface area contributed by atoms with Crippen molar-refractivity contribution in [2.24, 2.45) is 5.73 Å². The van der Waals surface area contributed by atoms with Crippen molar-refractivity contribution in [2.75, 3.05) is 6.54 Å². The molecule has 0 bridgehead atoms. The lowest BCUT2D eigenvalue weighted by atomic mass is 9.98. The molecular formula is C28H24N2S. The molecule has 31 heavy (non-hydrogen) atoms. The van der Waals surface area contributed by atoms with E-state index in [1.54, 1.807) is 0 Å². The summed E-state index contributed by atoms with van der Waals surface area (Å²) >= 11 is 1.87. The van der Waals surface area contributed by atoms with E-state index in [1.807, 2.05) is 11.3 Å². The van der Waals surface area contributed by atoms with E-state index in [1.165, 1.54) is 58.7 Å². The summed E-state index contributed by atoms with van der Waals surface area (Å²) in [6, 6.07) is 28.8. The van der Waals surface area contributed by atoms with Crippen molar-refractivity contribution in [1.82, 2.24) is 4.98 Å². The van der Waals surface area contributed by atoms with Crippen LogP contribution < -0.4 is 5.73 Å². The molecule has 0 saturated heterocycles. The summed E-state index contributed by atoms with van der Waals surface area (Å²) in [6.07, 6.45) is 3.19. The summed E-state index contributed by atoms with van der Waals surface area (Å²) in [5, 5.41) is 6.58. The van der Waals surface area contributed by atoms with Crippen molar-refractivity contribution in [2.45, 2.75) is 19.3 Å². The fraction of sp³-hybridized carbons (Fsp3) is 0.143. The topological polar surface area (TPSA) is 41.8 Å². The molecule has 2 heterocycles. The Labute approximate surface area is 185 Å². The smallest absolute Gasteiger partial charge is 0.0541 e. The monoisotopic (exact) mass is 420 g/mol. The molecule has 152 valence electrons. The van der Waals surface area contributed by atoms with Gasteiger partial charge in [-0.05, 0) is 60.5 Å². The number of thiophene rings is 1. The quantitative estimate of drug-likeness (QED) is 0.276. The standard InChI is InChI=1S/C28H24N2S/c29-16-6-5-10-22-23-14-12-18-7-1-2-8-20(18)28(23)30-27(22)19-13-15-26-24(17-19)21-9-3-4-11-25(21)31-26/h1-4,7-9,11-15,17,30H,5-6,10,16,29H2. The second-order valence-corrected chi connectivity index (χ2v) is 9.33. The lowest BCUT2D eigenvalue weighted by Gasteiger charge is -2.06. The first kappa shape index (κ1) is 18.6. The van der Waals surface area contributed by atoms with Crippen molar-refractivity contribution in [3.8, 4) is 11.3 Å².